The molecule has 6 heteroatoms. The van der Waals surface area contributed by atoms with Crippen molar-refractivity contribution < 1.29 is 18.7 Å². The second-order valence-electron chi connectivity index (χ2n) is 6.71. The first-order chi connectivity index (χ1) is 13.7. The standard InChI is InChI=1S/C22H21NO4S/c1-2-26-22(25)19-16-11-10-15(14-7-4-3-5-8-14)13-18(16)28-21(19)23-20(24)17-9-6-12-27-17/h3-9,12,15H,2,10-11,13H2,1H3,(H,23,24)/t15-/m1/s1. The van der Waals surface area contributed by atoms with Gasteiger partial charge in [-0.25, -0.2) is 4.79 Å². The largest absolute Gasteiger partial charge is 0.462 e. The van der Waals surface area contributed by atoms with E-state index < -0.39 is 0 Å². The molecule has 4 rings (SSSR count). The molecule has 0 aliphatic heterocycles. The second kappa shape index (κ2) is 8.02. The normalized spacial score (nSPS) is 15.7. The van der Waals surface area contributed by atoms with E-state index in [9.17, 15) is 9.59 Å². The molecule has 1 aromatic carbocycles. The number of furan rings is 1. The zero-order chi connectivity index (χ0) is 19.5. The van der Waals surface area contributed by atoms with Crippen molar-refractivity contribution in [3.63, 3.8) is 0 Å². The third-order valence-electron chi connectivity index (χ3n) is 4.99. The average Bonchev–Trinajstić information content (AvgIpc) is 3.36. The van der Waals surface area contributed by atoms with E-state index >= 15 is 0 Å². The number of nitrogens with one attached hydrogen (secondary N) is 1. The first-order valence-corrected chi connectivity index (χ1v) is 10.2. The number of hydrogen-bond acceptors (Lipinski definition) is 5. The highest BCUT2D eigenvalue weighted by Crippen LogP contribution is 2.42. The quantitative estimate of drug-likeness (QED) is 0.614. The summed E-state index contributed by atoms with van der Waals surface area (Å²) in [6.45, 7) is 2.07. The lowest BCUT2D eigenvalue weighted by Gasteiger charge is -2.23. The summed E-state index contributed by atoms with van der Waals surface area (Å²) in [4.78, 5) is 26.2. The number of carbonyl (C=O) groups excluding carboxylic acids is 2. The van der Waals surface area contributed by atoms with Crippen LogP contribution in [0.2, 0.25) is 0 Å². The molecular weight excluding hydrogens is 374 g/mol. The Balaban J connectivity index is 1.66. The molecule has 3 aromatic rings. The molecule has 0 saturated heterocycles. The molecule has 28 heavy (non-hydrogen) atoms. The summed E-state index contributed by atoms with van der Waals surface area (Å²) in [5.41, 5.74) is 2.80. The van der Waals surface area contributed by atoms with Gasteiger partial charge in [0.2, 0.25) is 0 Å². The second-order valence-corrected chi connectivity index (χ2v) is 7.82. The van der Waals surface area contributed by atoms with Crippen LogP contribution in [0.1, 0.15) is 56.2 Å². The number of amides is 1. The van der Waals surface area contributed by atoms with E-state index in [1.165, 1.54) is 23.2 Å². The highest BCUT2D eigenvalue weighted by Gasteiger charge is 2.31. The molecule has 1 aliphatic rings. The first kappa shape index (κ1) is 18.5. The van der Waals surface area contributed by atoms with Crippen LogP contribution in [0.25, 0.3) is 0 Å². The molecule has 5 nitrogen and oxygen atoms in total. The number of carbonyl (C=O) groups is 2. The van der Waals surface area contributed by atoms with E-state index in [0.29, 0.717) is 23.1 Å². The Morgan fingerprint density at radius 3 is 2.75 bits per heavy atom. The molecule has 1 N–H and O–H groups in total. The molecule has 0 fully saturated rings. The average molecular weight is 395 g/mol. The summed E-state index contributed by atoms with van der Waals surface area (Å²) in [5, 5.41) is 3.39. The minimum absolute atomic E-state index is 0.211. The molecule has 1 aliphatic carbocycles. The molecule has 0 saturated carbocycles. The molecule has 1 atom stereocenters. The maximum Gasteiger partial charge on any atom is 0.341 e. The van der Waals surface area contributed by atoms with Gasteiger partial charge in [0.1, 0.15) is 5.00 Å². The van der Waals surface area contributed by atoms with Gasteiger partial charge in [0.15, 0.2) is 5.76 Å². The van der Waals surface area contributed by atoms with Gasteiger partial charge in [-0.1, -0.05) is 30.3 Å². The highest BCUT2D eigenvalue weighted by molar-refractivity contribution is 7.17. The fourth-order valence-electron chi connectivity index (χ4n) is 3.68. The molecule has 2 heterocycles. The van der Waals surface area contributed by atoms with Crippen molar-refractivity contribution in [2.45, 2.75) is 32.1 Å². The van der Waals surface area contributed by atoms with Gasteiger partial charge < -0.3 is 14.5 Å². The summed E-state index contributed by atoms with van der Waals surface area (Å²) >= 11 is 1.47. The van der Waals surface area contributed by atoms with Crippen molar-refractivity contribution in [3.8, 4) is 0 Å². The van der Waals surface area contributed by atoms with E-state index in [4.69, 9.17) is 9.15 Å². The minimum atomic E-state index is -0.382. The Morgan fingerprint density at radius 2 is 2.04 bits per heavy atom. The molecule has 2 aromatic heterocycles. The molecule has 144 valence electrons. The van der Waals surface area contributed by atoms with Gasteiger partial charge in [0, 0.05) is 4.88 Å². The van der Waals surface area contributed by atoms with Gasteiger partial charge in [-0.15, -0.1) is 11.3 Å². The van der Waals surface area contributed by atoms with E-state index in [2.05, 4.69) is 29.6 Å². The third kappa shape index (κ3) is 3.60. The van der Waals surface area contributed by atoms with E-state index in [1.807, 2.05) is 6.07 Å². The molecule has 0 radical (unpaired) electrons. The van der Waals surface area contributed by atoms with Crippen LogP contribution in [-0.2, 0) is 17.6 Å². The maximum absolute atomic E-state index is 12.6. The smallest absolute Gasteiger partial charge is 0.341 e. The fourth-order valence-corrected chi connectivity index (χ4v) is 4.99. The van der Waals surface area contributed by atoms with Gasteiger partial charge in [-0.3, -0.25) is 4.79 Å². The van der Waals surface area contributed by atoms with Gasteiger partial charge in [0.25, 0.3) is 5.91 Å². The van der Waals surface area contributed by atoms with Crippen LogP contribution in [0.15, 0.2) is 53.1 Å². The highest BCUT2D eigenvalue weighted by atomic mass is 32.1. The van der Waals surface area contributed by atoms with Gasteiger partial charge in [-0.2, -0.15) is 0 Å². The van der Waals surface area contributed by atoms with Gasteiger partial charge in [-0.05, 0) is 55.4 Å². The number of hydrogen-bond donors (Lipinski definition) is 1. The molecular formula is C22H21NO4S. The molecule has 0 unspecified atom stereocenters. The van der Waals surface area contributed by atoms with E-state index in [1.54, 1.807) is 19.1 Å². The monoisotopic (exact) mass is 395 g/mol. The lowest BCUT2D eigenvalue weighted by atomic mass is 9.83. The Bertz CT molecular complexity index is 976. The number of fused-ring (bicyclic) bond motifs is 1. The number of thiophene rings is 1. The van der Waals surface area contributed by atoms with Crippen molar-refractivity contribution in [1.29, 1.82) is 0 Å². The Hall–Kier alpha value is -2.86. The van der Waals surface area contributed by atoms with Crippen LogP contribution < -0.4 is 5.32 Å². The van der Waals surface area contributed by atoms with Crippen LogP contribution in [0.3, 0.4) is 0 Å². The minimum Gasteiger partial charge on any atom is -0.462 e. The van der Waals surface area contributed by atoms with Crippen molar-refractivity contribution >= 4 is 28.2 Å². The lowest BCUT2D eigenvalue weighted by molar-refractivity contribution is 0.0526. The topological polar surface area (TPSA) is 68.5 Å². The van der Waals surface area contributed by atoms with Crippen LogP contribution in [0, 0.1) is 0 Å². The van der Waals surface area contributed by atoms with Crippen LogP contribution in [0.4, 0.5) is 5.00 Å². The number of anilines is 1. The predicted octanol–water partition coefficient (Wildman–Crippen LogP) is 5.04. The zero-order valence-corrected chi connectivity index (χ0v) is 16.4. The summed E-state index contributed by atoms with van der Waals surface area (Å²) in [6.07, 6.45) is 4.06. The number of esters is 1. The Morgan fingerprint density at radius 1 is 1.21 bits per heavy atom. The van der Waals surface area contributed by atoms with Crippen LogP contribution in [-0.4, -0.2) is 18.5 Å². The summed E-state index contributed by atoms with van der Waals surface area (Å²) in [6, 6.07) is 13.7. The van der Waals surface area contributed by atoms with Gasteiger partial charge >= 0.3 is 5.97 Å². The Labute approximate surface area is 167 Å². The summed E-state index contributed by atoms with van der Waals surface area (Å²) < 4.78 is 10.4. The van der Waals surface area contributed by atoms with E-state index in [-0.39, 0.29) is 17.6 Å². The molecule has 0 spiro atoms. The zero-order valence-electron chi connectivity index (χ0n) is 15.6. The van der Waals surface area contributed by atoms with E-state index in [0.717, 1.165) is 29.7 Å². The first-order valence-electron chi connectivity index (χ1n) is 9.38. The van der Waals surface area contributed by atoms with Crippen LogP contribution >= 0.6 is 11.3 Å². The van der Waals surface area contributed by atoms with Crippen molar-refractivity contribution in [2.75, 3.05) is 11.9 Å². The van der Waals surface area contributed by atoms with Crippen molar-refractivity contribution in [3.05, 3.63) is 76.1 Å². The van der Waals surface area contributed by atoms with Crippen molar-refractivity contribution in [1.82, 2.24) is 0 Å². The molecule has 1 amide bonds. The number of benzene rings is 1. The van der Waals surface area contributed by atoms with Gasteiger partial charge in [0.05, 0.1) is 18.4 Å². The number of ether oxygens (including phenoxy) is 1. The van der Waals surface area contributed by atoms with Crippen LogP contribution in [0.5, 0.6) is 0 Å². The maximum atomic E-state index is 12.6. The molecule has 0 bridgehead atoms. The Kier molecular flexibility index (Phi) is 5.30. The number of rotatable bonds is 5. The summed E-state index contributed by atoms with van der Waals surface area (Å²) in [5.74, 6) is -0.124. The fraction of sp³-hybridized carbons (Fsp3) is 0.273. The third-order valence-corrected chi connectivity index (χ3v) is 6.16. The summed E-state index contributed by atoms with van der Waals surface area (Å²) in [7, 11) is 0. The van der Waals surface area contributed by atoms with Crippen molar-refractivity contribution in [2.24, 2.45) is 0 Å². The SMILES string of the molecule is CCOC(=O)c1c(NC(=O)c2ccco2)sc2c1CC[C@@H](c1ccccc1)C2. The lowest BCUT2D eigenvalue weighted by Crippen LogP contribution is -2.16. The predicted molar refractivity (Wildman–Crippen MR) is 108 cm³/mol.